The average Bonchev–Trinajstić information content (AvgIpc) is 3.19. The summed E-state index contributed by atoms with van der Waals surface area (Å²) in [6.45, 7) is 3.39. The monoisotopic (exact) mass is 298 g/mol. The Labute approximate surface area is 128 Å². The zero-order chi connectivity index (χ0) is 15.1. The SMILES string of the molecule is Cc1ccccc1-c1noc(CN2C(=O)C[C@H]3NCC[C@H]32)n1. The molecule has 1 aromatic carbocycles. The molecule has 2 fully saturated rings. The van der Waals surface area contributed by atoms with Crippen molar-refractivity contribution in [2.24, 2.45) is 0 Å². The Balaban J connectivity index is 1.55. The maximum Gasteiger partial charge on any atom is 0.246 e. The van der Waals surface area contributed by atoms with Gasteiger partial charge in [0.2, 0.25) is 17.6 Å². The number of nitrogens with zero attached hydrogens (tertiary/aromatic N) is 3. The molecule has 0 spiro atoms. The molecule has 3 heterocycles. The van der Waals surface area contributed by atoms with E-state index in [4.69, 9.17) is 4.52 Å². The Morgan fingerprint density at radius 2 is 2.27 bits per heavy atom. The molecule has 2 aliphatic heterocycles. The fourth-order valence-electron chi connectivity index (χ4n) is 3.43. The summed E-state index contributed by atoms with van der Waals surface area (Å²) in [6, 6.07) is 8.48. The number of carbonyl (C=O) groups is 1. The van der Waals surface area contributed by atoms with Gasteiger partial charge in [-0.15, -0.1) is 0 Å². The molecule has 2 aromatic rings. The number of likely N-dealkylation sites (tertiary alicyclic amines) is 1. The van der Waals surface area contributed by atoms with E-state index in [0.29, 0.717) is 24.7 Å². The number of aryl methyl sites for hydroxylation is 1. The molecule has 6 heteroatoms. The molecule has 6 nitrogen and oxygen atoms in total. The summed E-state index contributed by atoms with van der Waals surface area (Å²) in [6.07, 6.45) is 1.57. The van der Waals surface area contributed by atoms with Crippen LogP contribution in [-0.2, 0) is 11.3 Å². The summed E-state index contributed by atoms with van der Waals surface area (Å²) in [5.41, 5.74) is 2.07. The molecule has 0 bridgehead atoms. The van der Waals surface area contributed by atoms with Gasteiger partial charge in [0, 0.05) is 24.1 Å². The quantitative estimate of drug-likeness (QED) is 0.930. The zero-order valence-corrected chi connectivity index (χ0v) is 12.5. The van der Waals surface area contributed by atoms with Crippen LogP contribution in [0.4, 0.5) is 0 Å². The molecule has 0 saturated carbocycles. The van der Waals surface area contributed by atoms with E-state index in [1.54, 1.807) is 0 Å². The van der Waals surface area contributed by atoms with Crippen LogP contribution in [0.1, 0.15) is 24.3 Å². The molecular weight excluding hydrogens is 280 g/mol. The smallest absolute Gasteiger partial charge is 0.246 e. The predicted molar refractivity (Wildman–Crippen MR) is 79.8 cm³/mol. The predicted octanol–water partition coefficient (Wildman–Crippen LogP) is 1.51. The molecule has 0 unspecified atom stereocenters. The maximum atomic E-state index is 12.1. The standard InChI is InChI=1S/C16H18N4O2/c1-10-4-2-3-5-11(10)16-18-14(22-19-16)9-20-13-6-7-17-12(13)8-15(20)21/h2-5,12-13,17H,6-9H2,1H3/t12-,13-/m1/s1. The number of nitrogens with one attached hydrogen (secondary N) is 1. The average molecular weight is 298 g/mol. The Bertz CT molecular complexity index is 712. The Hall–Kier alpha value is -2.21. The van der Waals surface area contributed by atoms with Crippen molar-refractivity contribution in [1.29, 1.82) is 0 Å². The van der Waals surface area contributed by atoms with Crippen LogP contribution in [0.2, 0.25) is 0 Å². The molecule has 2 atom stereocenters. The van der Waals surface area contributed by atoms with Gasteiger partial charge >= 0.3 is 0 Å². The topological polar surface area (TPSA) is 71.3 Å². The zero-order valence-electron chi connectivity index (χ0n) is 12.5. The van der Waals surface area contributed by atoms with Crippen molar-refractivity contribution in [3.63, 3.8) is 0 Å². The fraction of sp³-hybridized carbons (Fsp3) is 0.438. The van der Waals surface area contributed by atoms with E-state index in [2.05, 4.69) is 15.5 Å². The number of hydrogen-bond donors (Lipinski definition) is 1. The lowest BCUT2D eigenvalue weighted by atomic mass is 10.1. The van der Waals surface area contributed by atoms with E-state index < -0.39 is 0 Å². The third kappa shape index (κ3) is 2.20. The lowest BCUT2D eigenvalue weighted by molar-refractivity contribution is -0.129. The number of carbonyl (C=O) groups excluding carboxylic acids is 1. The van der Waals surface area contributed by atoms with Crippen molar-refractivity contribution < 1.29 is 9.32 Å². The van der Waals surface area contributed by atoms with Crippen LogP contribution in [0, 0.1) is 6.92 Å². The van der Waals surface area contributed by atoms with E-state index in [1.165, 1.54) is 0 Å². The number of benzene rings is 1. The molecule has 114 valence electrons. The lowest BCUT2D eigenvalue weighted by Gasteiger charge is -2.21. The molecule has 2 saturated heterocycles. The van der Waals surface area contributed by atoms with E-state index in [0.717, 1.165) is 24.1 Å². The highest BCUT2D eigenvalue weighted by molar-refractivity contribution is 5.80. The first-order valence-electron chi connectivity index (χ1n) is 7.64. The minimum atomic E-state index is 0.165. The number of amides is 1. The van der Waals surface area contributed by atoms with Gasteiger partial charge in [-0.25, -0.2) is 0 Å². The lowest BCUT2D eigenvalue weighted by Crippen LogP contribution is -2.35. The number of hydrogen-bond acceptors (Lipinski definition) is 5. The van der Waals surface area contributed by atoms with Crippen molar-refractivity contribution in [3.05, 3.63) is 35.7 Å². The summed E-state index contributed by atoms with van der Waals surface area (Å²) in [7, 11) is 0. The van der Waals surface area contributed by atoms with Crippen molar-refractivity contribution in [2.45, 2.75) is 38.4 Å². The number of fused-ring (bicyclic) bond motifs is 1. The molecule has 1 aromatic heterocycles. The summed E-state index contributed by atoms with van der Waals surface area (Å²) in [5, 5.41) is 7.43. The highest BCUT2D eigenvalue weighted by Crippen LogP contribution is 2.28. The molecule has 1 amide bonds. The molecule has 1 N–H and O–H groups in total. The van der Waals surface area contributed by atoms with Gasteiger partial charge < -0.3 is 14.7 Å². The second-order valence-electron chi connectivity index (χ2n) is 5.97. The number of rotatable bonds is 3. The second kappa shape index (κ2) is 5.21. The molecular formula is C16H18N4O2. The van der Waals surface area contributed by atoms with E-state index in [1.807, 2.05) is 36.1 Å². The van der Waals surface area contributed by atoms with Crippen LogP contribution in [0.15, 0.2) is 28.8 Å². The van der Waals surface area contributed by atoms with Crippen molar-refractivity contribution in [1.82, 2.24) is 20.4 Å². The summed E-state index contributed by atoms with van der Waals surface area (Å²) < 4.78 is 5.36. The van der Waals surface area contributed by atoms with E-state index in [-0.39, 0.29) is 18.0 Å². The first-order chi connectivity index (χ1) is 10.7. The van der Waals surface area contributed by atoms with Gasteiger partial charge in [-0.2, -0.15) is 4.98 Å². The van der Waals surface area contributed by atoms with Gasteiger partial charge in [0.15, 0.2) is 0 Å². The normalized spacial score (nSPS) is 24.0. The van der Waals surface area contributed by atoms with Crippen LogP contribution < -0.4 is 5.32 Å². The van der Waals surface area contributed by atoms with Gasteiger partial charge in [0.25, 0.3) is 0 Å². The van der Waals surface area contributed by atoms with E-state index in [9.17, 15) is 4.79 Å². The van der Waals surface area contributed by atoms with Gasteiger partial charge in [-0.3, -0.25) is 4.79 Å². The fourth-order valence-corrected chi connectivity index (χ4v) is 3.43. The van der Waals surface area contributed by atoms with Crippen LogP contribution in [0.5, 0.6) is 0 Å². The molecule has 4 rings (SSSR count). The highest BCUT2D eigenvalue weighted by Gasteiger charge is 2.42. The summed E-state index contributed by atoms with van der Waals surface area (Å²) in [5.74, 6) is 1.25. The molecule has 2 aliphatic rings. The maximum absolute atomic E-state index is 12.1. The van der Waals surface area contributed by atoms with Crippen LogP contribution in [-0.4, -0.2) is 39.6 Å². The molecule has 0 aliphatic carbocycles. The van der Waals surface area contributed by atoms with E-state index >= 15 is 0 Å². The van der Waals surface area contributed by atoms with Gasteiger partial charge in [0.05, 0.1) is 0 Å². The van der Waals surface area contributed by atoms with Gasteiger partial charge in [0.1, 0.15) is 6.54 Å². The largest absolute Gasteiger partial charge is 0.337 e. The minimum absolute atomic E-state index is 0.165. The van der Waals surface area contributed by atoms with Crippen LogP contribution >= 0.6 is 0 Å². The first-order valence-corrected chi connectivity index (χ1v) is 7.64. The Kier molecular flexibility index (Phi) is 3.18. The first kappa shape index (κ1) is 13.5. The second-order valence-corrected chi connectivity index (χ2v) is 5.97. The van der Waals surface area contributed by atoms with Crippen LogP contribution in [0.3, 0.4) is 0 Å². The third-order valence-corrected chi connectivity index (χ3v) is 4.59. The Morgan fingerprint density at radius 3 is 3.14 bits per heavy atom. The third-order valence-electron chi connectivity index (χ3n) is 4.59. The van der Waals surface area contributed by atoms with Gasteiger partial charge in [-0.05, 0) is 25.5 Å². The van der Waals surface area contributed by atoms with Crippen molar-refractivity contribution in [3.8, 4) is 11.4 Å². The summed E-state index contributed by atoms with van der Waals surface area (Å²) in [4.78, 5) is 18.5. The van der Waals surface area contributed by atoms with Gasteiger partial charge in [-0.1, -0.05) is 29.4 Å². The highest BCUT2D eigenvalue weighted by atomic mass is 16.5. The molecule has 22 heavy (non-hydrogen) atoms. The number of aromatic nitrogens is 2. The van der Waals surface area contributed by atoms with Crippen LogP contribution in [0.25, 0.3) is 11.4 Å². The van der Waals surface area contributed by atoms with Crippen molar-refractivity contribution in [2.75, 3.05) is 6.54 Å². The molecule has 0 radical (unpaired) electrons. The Morgan fingerprint density at radius 1 is 1.41 bits per heavy atom. The summed E-state index contributed by atoms with van der Waals surface area (Å²) >= 11 is 0. The van der Waals surface area contributed by atoms with Crippen molar-refractivity contribution >= 4 is 5.91 Å². The minimum Gasteiger partial charge on any atom is -0.337 e.